The molecule has 1 aromatic heterocycles. The molecular weight excluding hydrogens is 406 g/mol. The third-order valence-electron chi connectivity index (χ3n) is 5.92. The lowest BCUT2D eigenvalue weighted by atomic mass is 9.89. The Hall–Kier alpha value is -2.74. The van der Waals surface area contributed by atoms with Crippen LogP contribution in [0.25, 0.3) is 0 Å². The molecule has 1 aliphatic rings. The number of carbonyl (C=O) groups excluding carboxylic acids is 2. The van der Waals surface area contributed by atoms with E-state index in [0.29, 0.717) is 18.1 Å². The maximum absolute atomic E-state index is 12.4. The Morgan fingerprint density at radius 3 is 2.38 bits per heavy atom. The number of likely N-dealkylation sites (N-methyl/N-ethyl adjacent to an activating group) is 1. The standard InChI is InChI=1S/C24H35N5O3/c1-18(30)27-24(15-6-4-5-7-16-24)23-26-22(32-28-23)13-12-21(31)25-20-10-8-19(9-11-20)14-17-29(2)3/h8-11H,4-7,12-17H2,1-3H3,(H,25,31)(H,27,30). The van der Waals surface area contributed by atoms with Crippen molar-refractivity contribution in [3.63, 3.8) is 0 Å². The van der Waals surface area contributed by atoms with Crippen LogP contribution in [0, 0.1) is 0 Å². The number of nitrogens with one attached hydrogen (secondary N) is 2. The van der Waals surface area contributed by atoms with E-state index in [4.69, 9.17) is 4.52 Å². The van der Waals surface area contributed by atoms with Crippen LogP contribution in [0.15, 0.2) is 28.8 Å². The zero-order valence-corrected chi connectivity index (χ0v) is 19.4. The second kappa shape index (κ2) is 11.2. The summed E-state index contributed by atoms with van der Waals surface area (Å²) in [7, 11) is 4.11. The summed E-state index contributed by atoms with van der Waals surface area (Å²) in [4.78, 5) is 30.9. The van der Waals surface area contributed by atoms with Crippen molar-refractivity contribution in [1.82, 2.24) is 20.4 Å². The number of amides is 2. The zero-order valence-electron chi connectivity index (χ0n) is 19.4. The van der Waals surface area contributed by atoms with Crippen LogP contribution in [0.2, 0.25) is 0 Å². The first kappa shape index (κ1) is 23.9. The molecule has 0 spiro atoms. The maximum Gasteiger partial charge on any atom is 0.227 e. The molecule has 0 saturated heterocycles. The highest BCUT2D eigenvalue weighted by atomic mass is 16.5. The van der Waals surface area contributed by atoms with Crippen molar-refractivity contribution in [3.8, 4) is 0 Å². The van der Waals surface area contributed by atoms with Gasteiger partial charge in [-0.1, -0.05) is 43.0 Å². The van der Waals surface area contributed by atoms with Crippen LogP contribution in [0.3, 0.4) is 0 Å². The van der Waals surface area contributed by atoms with E-state index in [1.807, 2.05) is 24.3 Å². The number of hydrogen-bond donors (Lipinski definition) is 2. The fourth-order valence-corrected chi connectivity index (χ4v) is 4.18. The number of benzene rings is 1. The number of hydrogen-bond acceptors (Lipinski definition) is 6. The van der Waals surface area contributed by atoms with E-state index in [1.165, 1.54) is 12.5 Å². The average molecular weight is 442 g/mol. The molecule has 3 rings (SSSR count). The molecule has 2 aromatic rings. The minimum absolute atomic E-state index is 0.0923. The number of carbonyl (C=O) groups is 2. The summed E-state index contributed by atoms with van der Waals surface area (Å²) in [6.45, 7) is 2.51. The molecule has 1 aromatic carbocycles. The molecule has 8 heteroatoms. The van der Waals surface area contributed by atoms with Gasteiger partial charge in [0.05, 0.1) is 0 Å². The molecule has 0 unspecified atom stereocenters. The first-order valence-corrected chi connectivity index (χ1v) is 11.5. The molecule has 0 bridgehead atoms. The topological polar surface area (TPSA) is 100 Å². The second-order valence-corrected chi connectivity index (χ2v) is 8.99. The van der Waals surface area contributed by atoms with E-state index in [-0.39, 0.29) is 18.2 Å². The largest absolute Gasteiger partial charge is 0.343 e. The minimum atomic E-state index is -0.569. The molecule has 174 valence electrons. The van der Waals surface area contributed by atoms with Crippen LogP contribution in [0.4, 0.5) is 5.69 Å². The van der Waals surface area contributed by atoms with Gasteiger partial charge >= 0.3 is 0 Å². The Labute approximate surface area is 190 Å². The molecule has 1 saturated carbocycles. The number of aromatic nitrogens is 2. The molecule has 8 nitrogen and oxygen atoms in total. The van der Waals surface area contributed by atoms with Crippen molar-refractivity contribution in [3.05, 3.63) is 41.5 Å². The molecule has 1 aliphatic carbocycles. The van der Waals surface area contributed by atoms with Crippen molar-refractivity contribution >= 4 is 17.5 Å². The van der Waals surface area contributed by atoms with Crippen LogP contribution in [0.5, 0.6) is 0 Å². The summed E-state index contributed by atoms with van der Waals surface area (Å²) in [6.07, 6.45) is 7.49. The number of rotatable bonds is 9. The summed E-state index contributed by atoms with van der Waals surface area (Å²) in [6, 6.07) is 7.93. The van der Waals surface area contributed by atoms with E-state index < -0.39 is 5.54 Å². The molecule has 32 heavy (non-hydrogen) atoms. The van der Waals surface area contributed by atoms with Gasteiger partial charge in [0, 0.05) is 32.0 Å². The molecule has 1 heterocycles. The van der Waals surface area contributed by atoms with Crippen molar-refractivity contribution in [1.29, 1.82) is 0 Å². The first-order chi connectivity index (χ1) is 15.4. The predicted octanol–water partition coefficient (Wildman–Crippen LogP) is 3.43. The van der Waals surface area contributed by atoms with Gasteiger partial charge in [-0.2, -0.15) is 4.98 Å². The Bertz CT molecular complexity index is 883. The van der Waals surface area contributed by atoms with Gasteiger partial charge in [0.25, 0.3) is 0 Å². The Kier molecular flexibility index (Phi) is 8.39. The van der Waals surface area contributed by atoms with Gasteiger partial charge in [-0.3, -0.25) is 9.59 Å². The van der Waals surface area contributed by atoms with Crippen LogP contribution in [-0.2, 0) is 28.0 Å². The molecule has 0 atom stereocenters. The summed E-state index contributed by atoms with van der Waals surface area (Å²) in [5.41, 5.74) is 1.44. The minimum Gasteiger partial charge on any atom is -0.343 e. The van der Waals surface area contributed by atoms with Gasteiger partial charge in [-0.05, 0) is 51.1 Å². The fraction of sp³-hybridized carbons (Fsp3) is 0.583. The molecule has 1 fully saturated rings. The summed E-state index contributed by atoms with van der Waals surface area (Å²) < 4.78 is 5.43. The first-order valence-electron chi connectivity index (χ1n) is 11.5. The highest BCUT2D eigenvalue weighted by Crippen LogP contribution is 2.34. The van der Waals surface area contributed by atoms with E-state index in [2.05, 4.69) is 39.8 Å². The van der Waals surface area contributed by atoms with Crippen LogP contribution >= 0.6 is 0 Å². The lowest BCUT2D eigenvalue weighted by Crippen LogP contribution is -2.45. The number of aryl methyl sites for hydroxylation is 1. The van der Waals surface area contributed by atoms with Crippen LogP contribution in [0.1, 0.15) is 69.1 Å². The zero-order chi connectivity index (χ0) is 23.0. The summed E-state index contributed by atoms with van der Waals surface area (Å²) in [5, 5.41) is 10.2. The third kappa shape index (κ3) is 6.88. The molecule has 0 aliphatic heterocycles. The highest BCUT2D eigenvalue weighted by Gasteiger charge is 2.38. The smallest absolute Gasteiger partial charge is 0.227 e. The maximum atomic E-state index is 12.4. The van der Waals surface area contributed by atoms with Crippen molar-refractivity contribution < 1.29 is 14.1 Å². The Morgan fingerprint density at radius 1 is 1.06 bits per heavy atom. The number of nitrogens with zero attached hydrogens (tertiary/aromatic N) is 3. The van der Waals surface area contributed by atoms with Crippen LogP contribution < -0.4 is 10.6 Å². The van der Waals surface area contributed by atoms with Gasteiger partial charge in [0.15, 0.2) is 5.82 Å². The number of anilines is 1. The van der Waals surface area contributed by atoms with E-state index >= 15 is 0 Å². The predicted molar refractivity (Wildman–Crippen MR) is 123 cm³/mol. The van der Waals surface area contributed by atoms with E-state index in [9.17, 15) is 9.59 Å². The molecule has 2 N–H and O–H groups in total. The van der Waals surface area contributed by atoms with E-state index in [0.717, 1.165) is 57.2 Å². The van der Waals surface area contributed by atoms with Crippen LogP contribution in [-0.4, -0.2) is 47.5 Å². The second-order valence-electron chi connectivity index (χ2n) is 8.99. The monoisotopic (exact) mass is 441 g/mol. The van der Waals surface area contributed by atoms with Crippen molar-refractivity contribution in [2.45, 2.75) is 70.3 Å². The third-order valence-corrected chi connectivity index (χ3v) is 5.92. The van der Waals surface area contributed by atoms with Gasteiger partial charge < -0.3 is 20.1 Å². The van der Waals surface area contributed by atoms with Crippen molar-refractivity contribution in [2.75, 3.05) is 26.0 Å². The highest BCUT2D eigenvalue weighted by molar-refractivity contribution is 5.90. The quantitative estimate of drug-likeness (QED) is 0.578. The van der Waals surface area contributed by atoms with Crippen molar-refractivity contribution in [2.24, 2.45) is 0 Å². The Morgan fingerprint density at radius 2 is 1.75 bits per heavy atom. The van der Waals surface area contributed by atoms with Gasteiger partial charge in [0.1, 0.15) is 5.54 Å². The lowest BCUT2D eigenvalue weighted by Gasteiger charge is -2.30. The summed E-state index contributed by atoms with van der Waals surface area (Å²) in [5.74, 6) is 0.753. The van der Waals surface area contributed by atoms with Gasteiger partial charge in [0.2, 0.25) is 17.7 Å². The normalized spacial score (nSPS) is 15.9. The van der Waals surface area contributed by atoms with Gasteiger partial charge in [-0.15, -0.1) is 0 Å². The van der Waals surface area contributed by atoms with Gasteiger partial charge in [-0.25, -0.2) is 0 Å². The Balaban J connectivity index is 1.54. The molecule has 2 amide bonds. The lowest BCUT2D eigenvalue weighted by molar-refractivity contribution is -0.121. The van der Waals surface area contributed by atoms with E-state index in [1.54, 1.807) is 0 Å². The summed E-state index contributed by atoms with van der Waals surface area (Å²) >= 11 is 0. The SMILES string of the molecule is CC(=O)NC1(c2noc(CCC(=O)Nc3ccc(CCN(C)C)cc3)n2)CCCCCC1. The molecular formula is C24H35N5O3. The average Bonchev–Trinajstić information content (AvgIpc) is 3.11. The fourth-order valence-electron chi connectivity index (χ4n) is 4.18. The molecule has 0 radical (unpaired) electrons.